The minimum absolute atomic E-state index is 0.842. The van der Waals surface area contributed by atoms with Crippen LogP contribution < -0.4 is 5.73 Å². The predicted molar refractivity (Wildman–Crippen MR) is 58.0 cm³/mol. The highest BCUT2D eigenvalue weighted by Crippen LogP contribution is 2.48. The summed E-state index contributed by atoms with van der Waals surface area (Å²) < 4.78 is 0. The van der Waals surface area contributed by atoms with Crippen LogP contribution >= 0.6 is 0 Å². The first-order chi connectivity index (χ1) is 6.88. The Morgan fingerprint density at radius 1 is 1.14 bits per heavy atom. The quantitative estimate of drug-likeness (QED) is 0.753. The van der Waals surface area contributed by atoms with Crippen LogP contribution in [-0.4, -0.2) is 6.54 Å². The molecule has 1 fully saturated rings. The second-order valence-corrected chi connectivity index (χ2v) is 4.83. The van der Waals surface area contributed by atoms with E-state index in [1.165, 1.54) is 19.3 Å². The third-order valence-corrected chi connectivity index (χ3v) is 3.97. The lowest BCUT2D eigenvalue weighted by Gasteiger charge is -2.06. The molecule has 3 rings (SSSR count). The maximum absolute atomic E-state index is 5.70. The van der Waals surface area contributed by atoms with Crippen molar-refractivity contribution in [3.05, 3.63) is 35.4 Å². The van der Waals surface area contributed by atoms with Crippen LogP contribution in [0.1, 0.15) is 17.5 Å². The molecule has 1 nitrogen and oxygen atoms in total. The number of hydrogen-bond acceptors (Lipinski definition) is 1. The lowest BCUT2D eigenvalue weighted by molar-refractivity contribution is 0.459. The molecule has 1 saturated carbocycles. The maximum Gasteiger partial charge on any atom is -0.00460 e. The van der Waals surface area contributed by atoms with Crippen molar-refractivity contribution in [2.24, 2.45) is 23.5 Å². The molecule has 2 aliphatic rings. The van der Waals surface area contributed by atoms with Crippen molar-refractivity contribution in [1.82, 2.24) is 0 Å². The highest BCUT2D eigenvalue weighted by Gasteiger charge is 2.43. The molecule has 14 heavy (non-hydrogen) atoms. The molecule has 1 heteroatoms. The zero-order valence-electron chi connectivity index (χ0n) is 8.45. The first kappa shape index (κ1) is 8.49. The lowest BCUT2D eigenvalue weighted by atomic mass is 9.99. The van der Waals surface area contributed by atoms with Crippen molar-refractivity contribution in [3.8, 4) is 0 Å². The molecule has 0 amide bonds. The molecule has 0 heterocycles. The molecule has 0 unspecified atom stereocenters. The highest BCUT2D eigenvalue weighted by molar-refractivity contribution is 5.32. The molecule has 1 aromatic carbocycles. The Balaban J connectivity index is 1.73. The monoisotopic (exact) mass is 187 g/mol. The van der Waals surface area contributed by atoms with E-state index in [2.05, 4.69) is 24.3 Å². The molecule has 1 aromatic rings. The van der Waals surface area contributed by atoms with E-state index < -0.39 is 0 Å². The summed E-state index contributed by atoms with van der Waals surface area (Å²) in [6.45, 7) is 0.900. The summed E-state index contributed by atoms with van der Waals surface area (Å²) in [5.74, 6) is 2.68. The van der Waals surface area contributed by atoms with Crippen LogP contribution in [0.2, 0.25) is 0 Å². The minimum Gasteiger partial charge on any atom is -0.330 e. The van der Waals surface area contributed by atoms with E-state index in [4.69, 9.17) is 5.73 Å². The van der Waals surface area contributed by atoms with Crippen molar-refractivity contribution in [3.63, 3.8) is 0 Å². The summed E-state index contributed by atoms with van der Waals surface area (Å²) in [4.78, 5) is 0. The van der Waals surface area contributed by atoms with Gasteiger partial charge in [-0.1, -0.05) is 24.3 Å². The molecule has 0 aromatic heterocycles. The molecule has 74 valence electrons. The van der Waals surface area contributed by atoms with Gasteiger partial charge in [-0.2, -0.15) is 0 Å². The second-order valence-electron chi connectivity index (χ2n) is 4.83. The first-order valence-electron chi connectivity index (χ1n) is 5.65. The number of benzene rings is 1. The van der Waals surface area contributed by atoms with E-state index >= 15 is 0 Å². The summed E-state index contributed by atoms with van der Waals surface area (Å²) in [6, 6.07) is 8.90. The average molecular weight is 187 g/mol. The molecule has 2 aliphatic carbocycles. The van der Waals surface area contributed by atoms with E-state index in [1.807, 2.05) is 0 Å². The molecule has 2 N–H and O–H groups in total. The van der Waals surface area contributed by atoms with E-state index in [-0.39, 0.29) is 0 Å². The Morgan fingerprint density at radius 2 is 1.79 bits per heavy atom. The second kappa shape index (κ2) is 3.09. The summed E-state index contributed by atoms with van der Waals surface area (Å²) >= 11 is 0. The molecule has 0 saturated heterocycles. The van der Waals surface area contributed by atoms with Gasteiger partial charge in [0.25, 0.3) is 0 Å². The number of hydrogen-bond donors (Lipinski definition) is 1. The van der Waals surface area contributed by atoms with Crippen molar-refractivity contribution in [1.29, 1.82) is 0 Å². The van der Waals surface area contributed by atoms with E-state index in [0.29, 0.717) is 0 Å². The van der Waals surface area contributed by atoms with Crippen LogP contribution in [0.4, 0.5) is 0 Å². The van der Waals surface area contributed by atoms with Crippen molar-refractivity contribution in [2.75, 3.05) is 6.54 Å². The van der Waals surface area contributed by atoms with Gasteiger partial charge < -0.3 is 5.73 Å². The summed E-state index contributed by atoms with van der Waals surface area (Å²) in [5.41, 5.74) is 8.86. The third-order valence-electron chi connectivity index (χ3n) is 3.97. The summed E-state index contributed by atoms with van der Waals surface area (Å²) in [7, 11) is 0. The fourth-order valence-electron chi connectivity index (χ4n) is 3.02. The Labute approximate surface area is 85.3 Å². The van der Waals surface area contributed by atoms with Crippen LogP contribution in [0, 0.1) is 17.8 Å². The fourth-order valence-corrected chi connectivity index (χ4v) is 3.02. The largest absolute Gasteiger partial charge is 0.330 e. The zero-order chi connectivity index (χ0) is 9.54. The van der Waals surface area contributed by atoms with Gasteiger partial charge >= 0.3 is 0 Å². The van der Waals surface area contributed by atoms with Gasteiger partial charge in [0, 0.05) is 0 Å². The van der Waals surface area contributed by atoms with Gasteiger partial charge in [-0.3, -0.25) is 0 Å². The van der Waals surface area contributed by atoms with Crippen LogP contribution in [0.5, 0.6) is 0 Å². The summed E-state index contributed by atoms with van der Waals surface area (Å²) in [5, 5.41) is 0. The molecule has 0 bridgehead atoms. The number of rotatable bonds is 2. The Kier molecular flexibility index (Phi) is 1.88. The Morgan fingerprint density at radius 3 is 2.29 bits per heavy atom. The normalized spacial score (nSPS) is 30.4. The van der Waals surface area contributed by atoms with Gasteiger partial charge in [-0.25, -0.2) is 0 Å². The van der Waals surface area contributed by atoms with E-state index in [0.717, 1.165) is 24.3 Å². The van der Waals surface area contributed by atoms with Gasteiger partial charge in [-0.15, -0.1) is 0 Å². The molecule has 0 spiro atoms. The van der Waals surface area contributed by atoms with Crippen molar-refractivity contribution in [2.45, 2.75) is 19.3 Å². The van der Waals surface area contributed by atoms with E-state index in [1.54, 1.807) is 11.1 Å². The summed E-state index contributed by atoms with van der Waals surface area (Å²) in [6.07, 6.45) is 3.99. The average Bonchev–Trinajstić information content (AvgIpc) is 2.89. The maximum atomic E-state index is 5.70. The van der Waals surface area contributed by atoms with Crippen LogP contribution in [0.25, 0.3) is 0 Å². The van der Waals surface area contributed by atoms with Crippen molar-refractivity contribution < 1.29 is 0 Å². The van der Waals surface area contributed by atoms with E-state index in [9.17, 15) is 0 Å². The standard InChI is InChI=1S/C13H17N/c14-8-12-7-13(12)11-5-9-3-1-2-4-10(9)6-11/h1-4,11-13H,5-8,14H2/t12-,13-/m0/s1. The van der Waals surface area contributed by atoms with Crippen LogP contribution in [0.3, 0.4) is 0 Å². The SMILES string of the molecule is NC[C@@H]1C[C@H]1C1Cc2ccccc2C1. The molecular weight excluding hydrogens is 170 g/mol. The fraction of sp³-hybridized carbons (Fsp3) is 0.538. The van der Waals surface area contributed by atoms with Crippen LogP contribution in [-0.2, 0) is 12.8 Å². The Hall–Kier alpha value is -0.820. The van der Waals surface area contributed by atoms with Gasteiger partial charge in [0.15, 0.2) is 0 Å². The predicted octanol–water partition coefficient (Wildman–Crippen LogP) is 2.00. The minimum atomic E-state index is 0.842. The first-order valence-corrected chi connectivity index (χ1v) is 5.65. The zero-order valence-corrected chi connectivity index (χ0v) is 8.45. The highest BCUT2D eigenvalue weighted by atomic mass is 14.6. The smallest absolute Gasteiger partial charge is 0.00460 e. The van der Waals surface area contributed by atoms with Gasteiger partial charge in [0.1, 0.15) is 0 Å². The molecule has 0 radical (unpaired) electrons. The molecule has 2 atom stereocenters. The van der Waals surface area contributed by atoms with Gasteiger partial charge in [0.2, 0.25) is 0 Å². The Bertz CT molecular complexity index is 320. The van der Waals surface area contributed by atoms with Gasteiger partial charge in [-0.05, 0) is 54.7 Å². The number of nitrogens with two attached hydrogens (primary N) is 1. The lowest BCUT2D eigenvalue weighted by Crippen LogP contribution is -2.09. The third kappa shape index (κ3) is 1.27. The van der Waals surface area contributed by atoms with Crippen LogP contribution in [0.15, 0.2) is 24.3 Å². The topological polar surface area (TPSA) is 26.0 Å². The molecule has 0 aliphatic heterocycles. The molecular formula is C13H17N. The number of fused-ring (bicyclic) bond motifs is 1. The van der Waals surface area contributed by atoms with Gasteiger partial charge in [0.05, 0.1) is 0 Å². The van der Waals surface area contributed by atoms with Crippen molar-refractivity contribution >= 4 is 0 Å².